The van der Waals surface area contributed by atoms with Crippen molar-refractivity contribution in [2.75, 3.05) is 6.54 Å². The summed E-state index contributed by atoms with van der Waals surface area (Å²) in [5.74, 6) is 0. The second-order valence-corrected chi connectivity index (χ2v) is 4.72. The van der Waals surface area contributed by atoms with Crippen LogP contribution in [0.4, 0.5) is 0 Å². The van der Waals surface area contributed by atoms with Crippen LogP contribution in [0.5, 0.6) is 0 Å². The molecule has 2 rings (SSSR count). The zero-order valence-corrected chi connectivity index (χ0v) is 10.4. The molecule has 0 bridgehead atoms. The number of hydrogen-bond acceptors (Lipinski definition) is 2. The Balaban J connectivity index is 2.09. The van der Waals surface area contributed by atoms with Crippen molar-refractivity contribution in [3.63, 3.8) is 0 Å². The number of aliphatic imine (C=N–C) groups is 1. The highest BCUT2D eigenvalue weighted by atomic mass is 14.8. The van der Waals surface area contributed by atoms with Crippen LogP contribution >= 0.6 is 0 Å². The van der Waals surface area contributed by atoms with Gasteiger partial charge in [-0.1, -0.05) is 24.3 Å². The van der Waals surface area contributed by atoms with Crippen molar-refractivity contribution in [2.24, 2.45) is 10.7 Å². The summed E-state index contributed by atoms with van der Waals surface area (Å²) in [6, 6.07) is 9.15. The van der Waals surface area contributed by atoms with Crippen molar-refractivity contribution in [1.29, 1.82) is 0 Å². The molecule has 0 amide bonds. The largest absolute Gasteiger partial charge is 0.330 e. The summed E-state index contributed by atoms with van der Waals surface area (Å²) in [4.78, 5) is 4.64. The Kier molecular flexibility index (Phi) is 4.75. The predicted molar refractivity (Wildman–Crippen MR) is 73.5 cm³/mol. The fourth-order valence-electron chi connectivity index (χ4n) is 2.46. The smallest absolute Gasteiger partial charge is 0.0747 e. The van der Waals surface area contributed by atoms with Crippen molar-refractivity contribution in [3.8, 4) is 0 Å². The van der Waals surface area contributed by atoms with Gasteiger partial charge in [-0.15, -0.1) is 0 Å². The zero-order valence-electron chi connectivity index (χ0n) is 10.4. The van der Waals surface area contributed by atoms with Gasteiger partial charge in [-0.05, 0) is 62.4 Å². The van der Waals surface area contributed by atoms with Gasteiger partial charge in [0.2, 0.25) is 0 Å². The minimum atomic E-state index is 0.401. The lowest BCUT2D eigenvalue weighted by Crippen LogP contribution is -2.06. The first-order chi connectivity index (χ1) is 8.42. The van der Waals surface area contributed by atoms with E-state index in [9.17, 15) is 0 Å². The second kappa shape index (κ2) is 6.55. The molecule has 0 spiro atoms. The van der Waals surface area contributed by atoms with Crippen molar-refractivity contribution >= 4 is 6.21 Å². The van der Waals surface area contributed by atoms with Crippen LogP contribution < -0.4 is 5.73 Å². The number of nitrogens with zero attached hydrogens (tertiary/aromatic N) is 1. The van der Waals surface area contributed by atoms with E-state index < -0.39 is 0 Å². The van der Waals surface area contributed by atoms with Crippen LogP contribution in [0.2, 0.25) is 0 Å². The molecule has 92 valence electrons. The van der Waals surface area contributed by atoms with E-state index in [1.807, 2.05) is 0 Å². The lowest BCUT2D eigenvalue weighted by atomic mass is 9.93. The quantitative estimate of drug-likeness (QED) is 0.775. The van der Waals surface area contributed by atoms with Gasteiger partial charge < -0.3 is 5.73 Å². The number of rotatable bonds is 5. The maximum absolute atomic E-state index is 5.55. The summed E-state index contributed by atoms with van der Waals surface area (Å²) >= 11 is 0. The fraction of sp³-hybridized carbons (Fsp3) is 0.533. The van der Waals surface area contributed by atoms with Crippen LogP contribution in [-0.2, 0) is 6.42 Å². The van der Waals surface area contributed by atoms with E-state index in [2.05, 4.69) is 35.5 Å². The number of hydrogen-bond donors (Lipinski definition) is 1. The Morgan fingerprint density at radius 3 is 2.88 bits per heavy atom. The average molecular weight is 230 g/mol. The molecule has 0 fully saturated rings. The van der Waals surface area contributed by atoms with E-state index >= 15 is 0 Å². The van der Waals surface area contributed by atoms with E-state index in [1.54, 1.807) is 0 Å². The van der Waals surface area contributed by atoms with Gasteiger partial charge in [-0.3, -0.25) is 4.99 Å². The maximum Gasteiger partial charge on any atom is 0.0747 e. The summed E-state index contributed by atoms with van der Waals surface area (Å²) in [5.41, 5.74) is 8.44. The molecule has 0 aliphatic carbocycles. The third-order valence-corrected chi connectivity index (χ3v) is 3.41. The van der Waals surface area contributed by atoms with Crippen molar-refractivity contribution in [2.45, 2.75) is 44.6 Å². The first-order valence-corrected chi connectivity index (χ1v) is 6.71. The molecule has 0 radical (unpaired) electrons. The zero-order chi connectivity index (χ0) is 11.9. The molecule has 2 N–H and O–H groups in total. The first-order valence-electron chi connectivity index (χ1n) is 6.71. The van der Waals surface area contributed by atoms with Gasteiger partial charge in [0.25, 0.3) is 0 Å². The Hall–Kier alpha value is -1.15. The molecule has 1 aliphatic rings. The topological polar surface area (TPSA) is 38.4 Å². The minimum absolute atomic E-state index is 0.401. The highest BCUT2D eigenvalue weighted by molar-refractivity contribution is 5.58. The number of benzene rings is 1. The summed E-state index contributed by atoms with van der Waals surface area (Å²) in [7, 11) is 0. The molecule has 0 saturated carbocycles. The lowest BCUT2D eigenvalue weighted by molar-refractivity contribution is 0.596. The van der Waals surface area contributed by atoms with Crippen molar-refractivity contribution in [1.82, 2.24) is 0 Å². The molecule has 0 aromatic heterocycles. The van der Waals surface area contributed by atoms with Crippen molar-refractivity contribution in [3.05, 3.63) is 35.4 Å². The first kappa shape index (κ1) is 12.3. The SMILES string of the molecule is NCCCCc1ccccc1C1CCCC=N1. The summed E-state index contributed by atoms with van der Waals surface area (Å²) in [5, 5.41) is 0. The molecule has 1 aromatic rings. The molecular formula is C15H22N2. The Labute approximate surface area is 104 Å². The van der Waals surface area contributed by atoms with Gasteiger partial charge in [-0.2, -0.15) is 0 Å². The average Bonchev–Trinajstić information content (AvgIpc) is 2.41. The molecule has 1 unspecified atom stereocenters. The van der Waals surface area contributed by atoms with Crippen LogP contribution in [0.1, 0.15) is 49.3 Å². The number of nitrogens with two attached hydrogens (primary N) is 1. The monoisotopic (exact) mass is 230 g/mol. The molecule has 2 heteroatoms. The van der Waals surface area contributed by atoms with Gasteiger partial charge in [0, 0.05) is 0 Å². The highest BCUT2D eigenvalue weighted by Gasteiger charge is 2.14. The normalized spacial score (nSPS) is 19.5. The molecule has 2 nitrogen and oxygen atoms in total. The molecule has 1 atom stereocenters. The number of unbranched alkanes of at least 4 members (excludes halogenated alkanes) is 1. The third kappa shape index (κ3) is 3.40. The maximum atomic E-state index is 5.55. The third-order valence-electron chi connectivity index (χ3n) is 3.41. The summed E-state index contributed by atoms with van der Waals surface area (Å²) in [6.07, 6.45) is 9.14. The van der Waals surface area contributed by atoms with Crippen LogP contribution in [0, 0.1) is 0 Å². The molecule has 1 heterocycles. The van der Waals surface area contributed by atoms with Gasteiger partial charge in [0.15, 0.2) is 0 Å². The molecular weight excluding hydrogens is 208 g/mol. The molecule has 1 aromatic carbocycles. The molecule has 17 heavy (non-hydrogen) atoms. The van der Waals surface area contributed by atoms with E-state index in [-0.39, 0.29) is 0 Å². The minimum Gasteiger partial charge on any atom is -0.330 e. The van der Waals surface area contributed by atoms with Gasteiger partial charge in [0.05, 0.1) is 6.04 Å². The van der Waals surface area contributed by atoms with Gasteiger partial charge in [-0.25, -0.2) is 0 Å². The number of aryl methyl sites for hydroxylation is 1. The van der Waals surface area contributed by atoms with Crippen LogP contribution in [0.25, 0.3) is 0 Å². The Bertz CT molecular complexity index is 371. The van der Waals surface area contributed by atoms with Crippen LogP contribution in [0.15, 0.2) is 29.3 Å². The molecule has 1 aliphatic heterocycles. The van der Waals surface area contributed by atoms with E-state index in [0.717, 1.165) is 25.8 Å². The Morgan fingerprint density at radius 2 is 2.12 bits per heavy atom. The molecule has 0 saturated heterocycles. The van der Waals surface area contributed by atoms with E-state index in [0.29, 0.717) is 6.04 Å². The predicted octanol–water partition coefficient (Wildman–Crippen LogP) is 3.26. The van der Waals surface area contributed by atoms with Crippen molar-refractivity contribution < 1.29 is 0 Å². The second-order valence-electron chi connectivity index (χ2n) is 4.72. The van der Waals surface area contributed by atoms with Crippen LogP contribution in [-0.4, -0.2) is 12.8 Å². The standard InChI is InChI=1S/C15H22N2/c16-11-5-3-8-13-7-1-2-9-14(13)15-10-4-6-12-17-15/h1-2,7,9,12,15H,3-6,8,10-11,16H2. The summed E-state index contributed by atoms with van der Waals surface area (Å²) < 4.78 is 0. The van der Waals surface area contributed by atoms with E-state index in [1.165, 1.54) is 30.4 Å². The summed E-state index contributed by atoms with van der Waals surface area (Å²) in [6.45, 7) is 0.795. The lowest BCUT2D eigenvalue weighted by Gasteiger charge is -2.19. The fourth-order valence-corrected chi connectivity index (χ4v) is 2.46. The van der Waals surface area contributed by atoms with Gasteiger partial charge >= 0.3 is 0 Å². The van der Waals surface area contributed by atoms with Crippen LogP contribution in [0.3, 0.4) is 0 Å². The van der Waals surface area contributed by atoms with Gasteiger partial charge in [0.1, 0.15) is 0 Å². The van der Waals surface area contributed by atoms with E-state index in [4.69, 9.17) is 5.73 Å². The Morgan fingerprint density at radius 1 is 1.24 bits per heavy atom. The highest BCUT2D eigenvalue weighted by Crippen LogP contribution is 2.29.